The lowest BCUT2D eigenvalue weighted by Crippen LogP contribution is -2.35. The number of piperidine rings is 1. The summed E-state index contributed by atoms with van der Waals surface area (Å²) < 4.78 is 8.28. The molecule has 2 aromatic rings. The van der Waals surface area contributed by atoms with Crippen LogP contribution in [0, 0.1) is 5.92 Å². The highest BCUT2D eigenvalue weighted by molar-refractivity contribution is 5.85. The third-order valence-corrected chi connectivity index (χ3v) is 6.76. The van der Waals surface area contributed by atoms with E-state index in [-0.39, 0.29) is 6.10 Å². The zero-order chi connectivity index (χ0) is 20.1. The van der Waals surface area contributed by atoms with Crippen LogP contribution in [0.5, 0.6) is 5.75 Å². The van der Waals surface area contributed by atoms with Crippen molar-refractivity contribution in [1.82, 2.24) is 9.47 Å². The maximum absolute atomic E-state index is 9.83. The molecule has 1 aliphatic heterocycles. The molecule has 0 radical (unpaired) electrons. The van der Waals surface area contributed by atoms with Crippen LogP contribution in [0.2, 0.25) is 0 Å². The molecule has 4 nitrogen and oxygen atoms in total. The van der Waals surface area contributed by atoms with Crippen LogP contribution >= 0.6 is 0 Å². The van der Waals surface area contributed by atoms with Crippen molar-refractivity contribution < 1.29 is 9.84 Å². The molecule has 0 atom stereocenters. The van der Waals surface area contributed by atoms with Gasteiger partial charge in [0.15, 0.2) is 0 Å². The van der Waals surface area contributed by atoms with Crippen molar-refractivity contribution in [3.63, 3.8) is 0 Å². The van der Waals surface area contributed by atoms with Crippen molar-refractivity contribution in [2.24, 2.45) is 5.92 Å². The lowest BCUT2D eigenvalue weighted by Gasteiger charge is -2.29. The Hall–Kier alpha value is -1.78. The minimum atomic E-state index is -0.123. The van der Waals surface area contributed by atoms with Gasteiger partial charge in [-0.3, -0.25) is 4.90 Å². The normalized spacial score (nSPS) is 19.6. The number of benzene rings is 1. The van der Waals surface area contributed by atoms with Crippen LogP contribution in [-0.4, -0.2) is 40.4 Å². The number of aryl methyl sites for hydroxylation is 1. The molecule has 2 fully saturated rings. The second-order valence-corrected chi connectivity index (χ2v) is 8.93. The number of ether oxygens (including phenoxy) is 1. The molecule has 1 aromatic heterocycles. The SMILES string of the molecule is C=CCOc1ccc2c(c1)c(CN1CCC(O)CC1)cn2CCC1CCCCC1. The number of hydrogen-bond donors (Lipinski definition) is 1. The number of aliphatic hydroxyl groups excluding tert-OH is 1. The molecule has 0 unspecified atom stereocenters. The van der Waals surface area contributed by atoms with Crippen molar-refractivity contribution >= 4 is 10.9 Å². The van der Waals surface area contributed by atoms with Gasteiger partial charge in [0.25, 0.3) is 0 Å². The zero-order valence-electron chi connectivity index (χ0n) is 17.7. The fourth-order valence-electron chi connectivity index (χ4n) is 5.02. The minimum Gasteiger partial charge on any atom is -0.490 e. The molecule has 4 rings (SSSR count). The van der Waals surface area contributed by atoms with E-state index in [1.165, 1.54) is 55.0 Å². The van der Waals surface area contributed by atoms with E-state index >= 15 is 0 Å². The van der Waals surface area contributed by atoms with Crippen LogP contribution in [0.25, 0.3) is 10.9 Å². The number of rotatable bonds is 8. The summed E-state index contributed by atoms with van der Waals surface area (Å²) in [5.74, 6) is 1.81. The van der Waals surface area contributed by atoms with Gasteiger partial charge in [0.2, 0.25) is 0 Å². The Balaban J connectivity index is 1.54. The Morgan fingerprint density at radius 2 is 1.90 bits per heavy atom. The van der Waals surface area contributed by atoms with Crippen LogP contribution in [0.1, 0.15) is 56.9 Å². The summed E-state index contributed by atoms with van der Waals surface area (Å²) in [5, 5.41) is 11.1. The number of likely N-dealkylation sites (tertiary alicyclic amines) is 1. The fraction of sp³-hybridized carbons (Fsp3) is 0.600. The number of fused-ring (bicyclic) bond motifs is 1. The van der Waals surface area contributed by atoms with Crippen LogP contribution in [-0.2, 0) is 13.1 Å². The van der Waals surface area contributed by atoms with Gasteiger partial charge in [-0.25, -0.2) is 0 Å². The molecule has 2 aliphatic rings. The van der Waals surface area contributed by atoms with Gasteiger partial charge in [0.05, 0.1) is 6.10 Å². The standard InChI is InChI=1S/C25H36N2O2/c1-2-16-29-23-8-9-25-24(17-23)21(18-26-13-11-22(28)12-14-26)19-27(25)15-10-20-6-4-3-5-7-20/h2,8-9,17,19-20,22,28H,1,3-7,10-16,18H2. The van der Waals surface area contributed by atoms with Crippen LogP contribution < -0.4 is 4.74 Å². The van der Waals surface area contributed by atoms with Gasteiger partial charge in [-0.05, 0) is 48.9 Å². The third kappa shape index (κ3) is 5.23. The van der Waals surface area contributed by atoms with Crippen molar-refractivity contribution in [2.75, 3.05) is 19.7 Å². The third-order valence-electron chi connectivity index (χ3n) is 6.76. The predicted octanol–water partition coefficient (Wildman–Crippen LogP) is 5.13. The van der Waals surface area contributed by atoms with Crippen molar-refractivity contribution in [1.29, 1.82) is 0 Å². The average molecular weight is 397 g/mol. The van der Waals surface area contributed by atoms with E-state index in [2.05, 4.69) is 40.4 Å². The quantitative estimate of drug-likeness (QED) is 0.628. The molecular weight excluding hydrogens is 360 g/mol. The molecule has 158 valence electrons. The molecule has 1 saturated heterocycles. The van der Waals surface area contributed by atoms with Gasteiger partial charge >= 0.3 is 0 Å². The van der Waals surface area contributed by atoms with Gasteiger partial charge in [0.1, 0.15) is 12.4 Å². The number of aromatic nitrogens is 1. The molecule has 0 bridgehead atoms. The number of aliphatic hydroxyl groups is 1. The first-order valence-electron chi connectivity index (χ1n) is 11.5. The van der Waals surface area contributed by atoms with E-state index < -0.39 is 0 Å². The summed E-state index contributed by atoms with van der Waals surface area (Å²) >= 11 is 0. The fourth-order valence-corrected chi connectivity index (χ4v) is 5.02. The largest absolute Gasteiger partial charge is 0.490 e. The summed E-state index contributed by atoms with van der Waals surface area (Å²) in [4.78, 5) is 2.48. The average Bonchev–Trinajstić information content (AvgIpc) is 3.10. The summed E-state index contributed by atoms with van der Waals surface area (Å²) in [5.41, 5.74) is 2.70. The Morgan fingerprint density at radius 1 is 1.10 bits per heavy atom. The van der Waals surface area contributed by atoms with E-state index in [9.17, 15) is 5.11 Å². The topological polar surface area (TPSA) is 37.6 Å². The zero-order valence-corrected chi connectivity index (χ0v) is 17.7. The van der Waals surface area contributed by atoms with Gasteiger partial charge in [-0.1, -0.05) is 44.8 Å². The molecule has 0 amide bonds. The van der Waals surface area contributed by atoms with Gasteiger partial charge in [0, 0.05) is 43.3 Å². The Bertz CT molecular complexity index is 799. The molecule has 1 N–H and O–H groups in total. The second kappa shape index (κ2) is 9.82. The lowest BCUT2D eigenvalue weighted by atomic mass is 9.87. The molecule has 1 aliphatic carbocycles. The Labute approximate surface area is 175 Å². The molecule has 0 spiro atoms. The van der Waals surface area contributed by atoms with Gasteiger partial charge in [-0.15, -0.1) is 0 Å². The smallest absolute Gasteiger partial charge is 0.120 e. The van der Waals surface area contributed by atoms with Crippen LogP contribution in [0.4, 0.5) is 0 Å². The lowest BCUT2D eigenvalue weighted by molar-refractivity contribution is 0.0794. The molecule has 1 aromatic carbocycles. The predicted molar refractivity (Wildman–Crippen MR) is 119 cm³/mol. The monoisotopic (exact) mass is 396 g/mol. The van der Waals surface area contributed by atoms with E-state index in [0.717, 1.165) is 50.7 Å². The van der Waals surface area contributed by atoms with Gasteiger partial charge in [-0.2, -0.15) is 0 Å². The Morgan fingerprint density at radius 3 is 2.66 bits per heavy atom. The summed E-state index contributed by atoms with van der Waals surface area (Å²) in [6.07, 6.45) is 14.1. The van der Waals surface area contributed by atoms with Crippen molar-refractivity contribution in [2.45, 2.75) is 70.6 Å². The van der Waals surface area contributed by atoms with E-state index in [1.807, 2.05) is 0 Å². The van der Waals surface area contributed by atoms with E-state index in [0.29, 0.717) is 6.61 Å². The maximum Gasteiger partial charge on any atom is 0.120 e. The summed E-state index contributed by atoms with van der Waals surface area (Å²) in [7, 11) is 0. The summed E-state index contributed by atoms with van der Waals surface area (Å²) in [6.45, 7) is 8.29. The molecule has 4 heteroatoms. The highest BCUT2D eigenvalue weighted by Crippen LogP contribution is 2.31. The molecule has 2 heterocycles. The summed E-state index contributed by atoms with van der Waals surface area (Å²) in [6, 6.07) is 6.51. The minimum absolute atomic E-state index is 0.123. The van der Waals surface area contributed by atoms with Crippen molar-refractivity contribution in [3.8, 4) is 5.75 Å². The molecular formula is C25H36N2O2. The molecule has 1 saturated carbocycles. The van der Waals surface area contributed by atoms with Crippen molar-refractivity contribution in [3.05, 3.63) is 42.6 Å². The highest BCUT2D eigenvalue weighted by atomic mass is 16.5. The van der Waals surface area contributed by atoms with Crippen LogP contribution in [0.3, 0.4) is 0 Å². The number of hydrogen-bond acceptors (Lipinski definition) is 3. The highest BCUT2D eigenvalue weighted by Gasteiger charge is 2.20. The van der Waals surface area contributed by atoms with E-state index in [4.69, 9.17) is 4.74 Å². The van der Waals surface area contributed by atoms with Gasteiger partial charge < -0.3 is 14.4 Å². The first-order chi connectivity index (χ1) is 14.2. The maximum atomic E-state index is 9.83. The number of nitrogens with zero attached hydrogens (tertiary/aromatic N) is 2. The van der Waals surface area contributed by atoms with Crippen LogP contribution in [0.15, 0.2) is 37.1 Å². The second-order valence-electron chi connectivity index (χ2n) is 8.93. The molecule has 29 heavy (non-hydrogen) atoms. The Kier molecular flexibility index (Phi) is 6.94. The first kappa shape index (κ1) is 20.5. The van der Waals surface area contributed by atoms with E-state index in [1.54, 1.807) is 6.08 Å². The first-order valence-corrected chi connectivity index (χ1v) is 11.5.